The van der Waals surface area contributed by atoms with Crippen molar-refractivity contribution < 1.29 is 4.39 Å². The number of piperidine rings is 1. The Hall–Kier alpha value is -0.930. The molecule has 0 radical (unpaired) electrons. The molecule has 1 aliphatic rings. The van der Waals surface area contributed by atoms with Gasteiger partial charge in [0.15, 0.2) is 0 Å². The van der Waals surface area contributed by atoms with Crippen LogP contribution >= 0.6 is 0 Å². The first-order chi connectivity index (χ1) is 9.43. The highest BCUT2D eigenvalue weighted by Gasteiger charge is 2.33. The zero-order chi connectivity index (χ0) is 14.8. The SMILES string of the molecule is CCC(N)C(c1ccc(F)cc1)N1CCCC(C)(C)C1. The molecular weight excluding hydrogens is 251 g/mol. The zero-order valence-electron chi connectivity index (χ0n) is 12.9. The minimum Gasteiger partial charge on any atom is -0.326 e. The number of nitrogens with two attached hydrogens (primary N) is 1. The van der Waals surface area contributed by atoms with Crippen LogP contribution in [0.4, 0.5) is 4.39 Å². The van der Waals surface area contributed by atoms with E-state index in [0.29, 0.717) is 5.41 Å². The van der Waals surface area contributed by atoms with Gasteiger partial charge in [0.25, 0.3) is 0 Å². The van der Waals surface area contributed by atoms with Crippen molar-refractivity contribution in [2.45, 2.75) is 52.1 Å². The van der Waals surface area contributed by atoms with Gasteiger partial charge in [-0.05, 0) is 48.9 Å². The predicted molar refractivity (Wildman–Crippen MR) is 82.0 cm³/mol. The van der Waals surface area contributed by atoms with Gasteiger partial charge in [-0.1, -0.05) is 32.9 Å². The Balaban J connectivity index is 2.25. The molecule has 2 rings (SSSR count). The monoisotopic (exact) mass is 278 g/mol. The smallest absolute Gasteiger partial charge is 0.123 e. The molecule has 20 heavy (non-hydrogen) atoms. The molecule has 2 unspecified atom stereocenters. The Morgan fingerprint density at radius 1 is 1.30 bits per heavy atom. The van der Waals surface area contributed by atoms with Crippen LogP contribution < -0.4 is 5.73 Å². The normalized spacial score (nSPS) is 22.4. The van der Waals surface area contributed by atoms with Crippen molar-refractivity contribution in [3.8, 4) is 0 Å². The first-order valence-corrected chi connectivity index (χ1v) is 7.68. The molecule has 0 amide bonds. The van der Waals surface area contributed by atoms with Crippen LogP contribution in [0, 0.1) is 11.2 Å². The lowest BCUT2D eigenvalue weighted by Crippen LogP contribution is -2.47. The van der Waals surface area contributed by atoms with Crippen molar-refractivity contribution in [2.24, 2.45) is 11.1 Å². The largest absolute Gasteiger partial charge is 0.326 e. The second kappa shape index (κ2) is 6.23. The van der Waals surface area contributed by atoms with Crippen molar-refractivity contribution in [3.05, 3.63) is 35.6 Å². The van der Waals surface area contributed by atoms with Gasteiger partial charge in [-0.25, -0.2) is 4.39 Å². The molecule has 3 heteroatoms. The Morgan fingerprint density at radius 2 is 1.95 bits per heavy atom. The number of rotatable bonds is 4. The molecule has 0 saturated carbocycles. The molecule has 1 aliphatic heterocycles. The van der Waals surface area contributed by atoms with Crippen molar-refractivity contribution >= 4 is 0 Å². The molecule has 1 saturated heterocycles. The molecular formula is C17H27FN2. The maximum atomic E-state index is 13.2. The average molecular weight is 278 g/mol. The molecule has 2 nitrogen and oxygen atoms in total. The van der Waals surface area contributed by atoms with E-state index in [1.165, 1.54) is 12.8 Å². The van der Waals surface area contributed by atoms with Crippen molar-refractivity contribution in [3.63, 3.8) is 0 Å². The summed E-state index contributed by atoms with van der Waals surface area (Å²) in [6, 6.07) is 7.14. The summed E-state index contributed by atoms with van der Waals surface area (Å²) in [5.41, 5.74) is 7.85. The number of likely N-dealkylation sites (tertiary alicyclic amines) is 1. The van der Waals surface area contributed by atoms with E-state index in [1.54, 1.807) is 12.1 Å². The number of benzene rings is 1. The minimum absolute atomic E-state index is 0.0920. The predicted octanol–water partition coefficient (Wildman–Crippen LogP) is 3.73. The second-order valence-electron chi connectivity index (χ2n) is 6.81. The Labute approximate surface area is 122 Å². The van der Waals surface area contributed by atoms with Gasteiger partial charge in [0.05, 0.1) is 0 Å². The van der Waals surface area contributed by atoms with Crippen LogP contribution in [0.5, 0.6) is 0 Å². The highest BCUT2D eigenvalue weighted by atomic mass is 19.1. The fraction of sp³-hybridized carbons (Fsp3) is 0.647. The van der Waals surface area contributed by atoms with Gasteiger partial charge in [-0.15, -0.1) is 0 Å². The lowest BCUT2D eigenvalue weighted by atomic mass is 9.82. The van der Waals surface area contributed by atoms with Gasteiger partial charge < -0.3 is 5.73 Å². The van der Waals surface area contributed by atoms with E-state index >= 15 is 0 Å². The van der Waals surface area contributed by atoms with Crippen LogP contribution in [0.15, 0.2) is 24.3 Å². The van der Waals surface area contributed by atoms with Gasteiger partial charge in [-0.3, -0.25) is 4.90 Å². The summed E-state index contributed by atoms with van der Waals surface area (Å²) in [7, 11) is 0. The van der Waals surface area contributed by atoms with E-state index in [4.69, 9.17) is 5.73 Å². The summed E-state index contributed by atoms with van der Waals surface area (Å²) in [4.78, 5) is 2.49. The summed E-state index contributed by atoms with van der Waals surface area (Å²) >= 11 is 0. The highest BCUT2D eigenvalue weighted by molar-refractivity contribution is 5.22. The molecule has 0 aliphatic carbocycles. The van der Waals surface area contributed by atoms with Crippen molar-refractivity contribution in [1.82, 2.24) is 4.90 Å². The Kier molecular flexibility index (Phi) is 4.82. The van der Waals surface area contributed by atoms with E-state index in [2.05, 4.69) is 25.7 Å². The first kappa shape index (κ1) is 15.5. The molecule has 1 aromatic carbocycles. The maximum Gasteiger partial charge on any atom is 0.123 e. The van der Waals surface area contributed by atoms with E-state index < -0.39 is 0 Å². The van der Waals surface area contributed by atoms with Crippen LogP contribution in [0.3, 0.4) is 0 Å². The maximum absolute atomic E-state index is 13.2. The highest BCUT2D eigenvalue weighted by Crippen LogP contribution is 2.35. The zero-order valence-corrected chi connectivity index (χ0v) is 12.9. The summed E-state index contributed by atoms with van der Waals surface area (Å²) in [5.74, 6) is -0.184. The standard InChI is InChI=1S/C17H27FN2/c1-4-15(19)16(13-6-8-14(18)9-7-13)20-11-5-10-17(2,3)12-20/h6-9,15-16H,4-5,10-12,19H2,1-3H3. The molecule has 112 valence electrons. The molecule has 0 bridgehead atoms. The third-order valence-corrected chi connectivity index (χ3v) is 4.41. The topological polar surface area (TPSA) is 29.3 Å². The lowest BCUT2D eigenvalue weighted by molar-refractivity contribution is 0.0657. The Morgan fingerprint density at radius 3 is 2.50 bits per heavy atom. The van der Waals surface area contributed by atoms with E-state index in [9.17, 15) is 4.39 Å². The second-order valence-corrected chi connectivity index (χ2v) is 6.81. The average Bonchev–Trinajstić information content (AvgIpc) is 2.40. The molecule has 0 spiro atoms. The fourth-order valence-electron chi connectivity index (χ4n) is 3.32. The molecule has 1 heterocycles. The minimum atomic E-state index is -0.184. The molecule has 1 fully saturated rings. The van der Waals surface area contributed by atoms with Crippen molar-refractivity contribution in [1.29, 1.82) is 0 Å². The van der Waals surface area contributed by atoms with E-state index in [-0.39, 0.29) is 17.9 Å². The quantitative estimate of drug-likeness (QED) is 0.909. The van der Waals surface area contributed by atoms with Gasteiger partial charge >= 0.3 is 0 Å². The molecule has 2 N–H and O–H groups in total. The van der Waals surface area contributed by atoms with Crippen LogP contribution in [0.25, 0.3) is 0 Å². The van der Waals surface area contributed by atoms with Gasteiger partial charge in [0.2, 0.25) is 0 Å². The number of halogens is 1. The number of nitrogens with zero attached hydrogens (tertiary/aromatic N) is 1. The molecule has 1 aromatic rings. The van der Waals surface area contributed by atoms with Crippen LogP contribution in [0.2, 0.25) is 0 Å². The fourth-order valence-corrected chi connectivity index (χ4v) is 3.32. The van der Waals surface area contributed by atoms with Crippen LogP contribution in [-0.2, 0) is 0 Å². The number of hydrogen-bond donors (Lipinski definition) is 1. The summed E-state index contributed by atoms with van der Waals surface area (Å²) in [5, 5.41) is 0. The van der Waals surface area contributed by atoms with Crippen LogP contribution in [-0.4, -0.2) is 24.0 Å². The molecule has 2 atom stereocenters. The lowest BCUT2D eigenvalue weighted by Gasteiger charge is -2.44. The first-order valence-electron chi connectivity index (χ1n) is 7.68. The van der Waals surface area contributed by atoms with Gasteiger partial charge in [0.1, 0.15) is 5.82 Å². The van der Waals surface area contributed by atoms with Crippen molar-refractivity contribution in [2.75, 3.05) is 13.1 Å². The van der Waals surface area contributed by atoms with Gasteiger partial charge in [-0.2, -0.15) is 0 Å². The van der Waals surface area contributed by atoms with Gasteiger partial charge in [0, 0.05) is 18.6 Å². The Bertz CT molecular complexity index is 427. The van der Waals surface area contributed by atoms with E-state index in [0.717, 1.165) is 25.1 Å². The molecule has 0 aromatic heterocycles. The summed E-state index contributed by atoms with van der Waals surface area (Å²) in [6.07, 6.45) is 3.40. The summed E-state index contributed by atoms with van der Waals surface area (Å²) < 4.78 is 13.2. The van der Waals surface area contributed by atoms with E-state index in [1.807, 2.05) is 12.1 Å². The third kappa shape index (κ3) is 3.58. The third-order valence-electron chi connectivity index (χ3n) is 4.41. The number of hydrogen-bond acceptors (Lipinski definition) is 2. The summed E-state index contributed by atoms with van der Waals surface area (Å²) in [6.45, 7) is 8.90. The van der Waals surface area contributed by atoms with Crippen LogP contribution in [0.1, 0.15) is 51.6 Å².